The van der Waals surface area contributed by atoms with Crippen molar-refractivity contribution in [3.63, 3.8) is 0 Å². The van der Waals surface area contributed by atoms with E-state index in [0.717, 1.165) is 0 Å². The molecule has 1 saturated heterocycles. The first-order valence-electron chi connectivity index (χ1n) is 40.9. The molecule has 122 heavy (non-hydrogen) atoms. The Balaban J connectivity index is 3.24. The van der Waals surface area contributed by atoms with Crippen molar-refractivity contribution in [3.8, 4) is 0 Å². The molecule has 0 spiro atoms. The molecule has 0 bridgehead atoms. The molecule has 692 valence electrons. The third-order valence-corrected chi connectivity index (χ3v) is 19.8. The van der Waals surface area contributed by atoms with E-state index in [-0.39, 0.29) is 68.7 Å². The number of nitrogens with two attached hydrogens (primary N) is 2. The zero-order valence-electron chi connectivity index (χ0n) is 75.9. The number of carbonyl (C=O) groups excluding carboxylic acids is 20. The Hall–Kier alpha value is -10.7. The average Bonchev–Trinajstić information content (AvgIpc) is 0.830. The van der Waals surface area contributed by atoms with Gasteiger partial charge >= 0.3 is 0 Å². The molecule has 0 aromatic carbocycles. The fraction of sp³-hybridized carbons (Fsp3) is 0.750. The maximum absolute atomic E-state index is 14.5. The molecule has 0 unspecified atom stereocenters. The summed E-state index contributed by atoms with van der Waals surface area (Å²) < 4.78 is 0. The summed E-state index contributed by atoms with van der Waals surface area (Å²) in [4.78, 5) is 272. The highest BCUT2D eigenvalue weighted by Gasteiger charge is 2.47. The van der Waals surface area contributed by atoms with Gasteiger partial charge in [-0.2, -0.15) is 0 Å². The van der Waals surface area contributed by atoms with Gasteiger partial charge in [0.1, 0.15) is 92.6 Å². The number of nitrogens with one attached hydrogen (secondary N) is 17. The number of hydrogen-bond donors (Lipinski definition) is 21. The lowest BCUT2D eigenvalue weighted by Gasteiger charge is -2.35. The van der Waals surface area contributed by atoms with Gasteiger partial charge < -0.3 is 117 Å². The Morgan fingerprint density at radius 1 is 0.361 bits per heavy atom. The second-order valence-corrected chi connectivity index (χ2v) is 37.0. The monoisotopic (exact) mass is 1730 g/mol. The second-order valence-electron chi connectivity index (χ2n) is 37.0. The number of likely N-dealkylation sites (tertiary alicyclic amines) is 1. The van der Waals surface area contributed by atoms with Gasteiger partial charge in [0, 0.05) is 26.3 Å². The van der Waals surface area contributed by atoms with Crippen LogP contribution < -0.4 is 102 Å². The molecule has 42 nitrogen and oxygen atoms in total. The Kier molecular flexibility index (Phi) is 41.2. The molecule has 0 saturated carbocycles. The number of hydrogen-bond acceptors (Lipinski definition) is 22. The molecule has 23 N–H and O–H groups in total. The smallest absolute Gasteiger partial charge is 0.248 e. The highest BCUT2D eigenvalue weighted by molar-refractivity contribution is 6.04. The van der Waals surface area contributed by atoms with Gasteiger partial charge in [0.2, 0.25) is 118 Å². The molecule has 1 heterocycles. The van der Waals surface area contributed by atoms with Crippen LogP contribution in [0.3, 0.4) is 0 Å². The molecular weight excluding hydrogens is 1590 g/mol. The van der Waals surface area contributed by atoms with Crippen molar-refractivity contribution < 1.29 is 106 Å². The van der Waals surface area contributed by atoms with Gasteiger partial charge in [0.05, 0.1) is 25.8 Å². The third-order valence-electron chi connectivity index (χ3n) is 19.8. The van der Waals surface area contributed by atoms with Gasteiger partial charge in [0.25, 0.3) is 0 Å². The molecule has 0 aliphatic carbocycles. The molecule has 1 rings (SSSR count). The van der Waals surface area contributed by atoms with Gasteiger partial charge in [-0.1, -0.05) is 55.4 Å². The van der Waals surface area contributed by atoms with Crippen molar-refractivity contribution in [2.24, 2.45) is 35.1 Å². The molecule has 1 fully saturated rings. The third kappa shape index (κ3) is 35.4. The van der Waals surface area contributed by atoms with Crippen LogP contribution in [0.15, 0.2) is 0 Å². The number of amides is 20. The zero-order valence-corrected chi connectivity index (χ0v) is 75.9. The van der Waals surface area contributed by atoms with Crippen LogP contribution in [0.2, 0.25) is 0 Å². The highest BCUT2D eigenvalue weighted by Crippen LogP contribution is 2.25. The second kappa shape index (κ2) is 46.0. The lowest BCUT2D eigenvalue weighted by molar-refractivity contribution is -0.145. The minimum atomic E-state index is -1.90. The summed E-state index contributed by atoms with van der Waals surface area (Å²) >= 11 is 0. The summed E-state index contributed by atoms with van der Waals surface area (Å²) in [6, 6.07) is -11.6. The minimum absolute atomic E-state index is 0.0281. The average molecular weight is 1730 g/mol. The van der Waals surface area contributed by atoms with E-state index < -0.39 is 249 Å². The van der Waals surface area contributed by atoms with Crippen molar-refractivity contribution in [3.05, 3.63) is 0 Å². The molecule has 0 aromatic heterocycles. The van der Waals surface area contributed by atoms with Crippen LogP contribution in [0, 0.1) is 23.7 Å². The van der Waals surface area contributed by atoms with E-state index in [2.05, 4.69) is 90.4 Å². The van der Waals surface area contributed by atoms with E-state index in [4.69, 9.17) is 11.5 Å². The van der Waals surface area contributed by atoms with Gasteiger partial charge in [-0.15, -0.1) is 0 Å². The van der Waals surface area contributed by atoms with Gasteiger partial charge in [0.15, 0.2) is 0 Å². The van der Waals surface area contributed by atoms with Crippen molar-refractivity contribution in [2.75, 3.05) is 26.3 Å². The first kappa shape index (κ1) is 109. The number of nitrogens with zero attached hydrogens (tertiary/aromatic N) is 1. The minimum Gasteiger partial charge on any atom is -0.394 e. The first-order valence-corrected chi connectivity index (χ1v) is 40.9. The summed E-state index contributed by atoms with van der Waals surface area (Å²) in [7, 11) is 0. The Bertz CT molecular complexity index is 3830. The molecule has 42 heteroatoms. The lowest BCUT2D eigenvalue weighted by Crippen LogP contribution is -2.66. The predicted molar refractivity (Wildman–Crippen MR) is 447 cm³/mol. The number of primary amides is 2. The largest absolute Gasteiger partial charge is 0.394 e. The molecule has 9 atom stereocenters. The SMILES string of the molecule is CC(=O)NC(C)(C)C(=O)N[C@@H](CO)C(=O)N[C@H](C)C(=O)NC(C)(C)C(=O)NC(C)(C)C(=O)N[C@@H](CCC(N)=O)C(=O)NC(C)(C)C(=O)N[C@@H](CC(C)C)C(=O)NC(C)(C)C(=O)NCC(=O)N[C@H](CC(C)C)C(=O)NC(C)(C)C(=O)N1CCC[C@@H]1C(=O)N[C@@H](CC(C)C)C(=O)NC(C)(C)C(=O)NC(C)(C)C(=O)N[C@@H](CCC(N)=O)C(=O)N[C@H](CO)C(C)C. The van der Waals surface area contributed by atoms with Crippen molar-refractivity contribution in [1.29, 1.82) is 0 Å². The summed E-state index contributed by atoms with van der Waals surface area (Å²) in [5.74, 6) is -17.8. The fourth-order valence-electron chi connectivity index (χ4n) is 12.2. The van der Waals surface area contributed by atoms with E-state index >= 15 is 0 Å². The number of aliphatic hydroxyl groups is 2. The van der Waals surface area contributed by atoms with Crippen LogP contribution in [0.5, 0.6) is 0 Å². The van der Waals surface area contributed by atoms with Crippen LogP contribution in [-0.2, 0) is 95.9 Å². The fourth-order valence-corrected chi connectivity index (χ4v) is 12.2. The Morgan fingerprint density at radius 2 is 0.689 bits per heavy atom. The van der Waals surface area contributed by atoms with E-state index in [1.54, 1.807) is 55.4 Å². The van der Waals surface area contributed by atoms with Crippen LogP contribution >= 0.6 is 0 Å². The summed E-state index contributed by atoms with van der Waals surface area (Å²) in [5.41, 5.74) is -3.35. The highest BCUT2D eigenvalue weighted by atomic mass is 16.3. The van der Waals surface area contributed by atoms with Crippen molar-refractivity contribution in [1.82, 2.24) is 95.3 Å². The van der Waals surface area contributed by atoms with Gasteiger partial charge in [-0.05, 0) is 186 Å². The normalized spacial score (nSPS) is 15.4. The standard InChI is InChI=1S/C80H140N20O22/c1-40(2)34-48(61(111)97-80(25,26)72(122)100-33-27-28-53(100)64(114)86-49(35-41(3)4)62(112)96-79(23,24)71(121)99-76(17,18)68(118)88-46(29-31-54(81)104)58(108)87-51(38-101)43(7)8)85-56(106)37-83-65(115)73(11,12)95-63(113)50(36-42(5)6)90-67(117)75(15,16)94-60(110)47(30-32-55(82)105)89-69(119)77(19,20)98-70(120)78(21,22)93-57(107)44(9)84-59(109)52(39-102)91-66(116)74(13,14)92-45(10)103/h40-44,46-53,101-102H,27-39H2,1-26H3,(H2,81,104)(H2,82,105)(H,83,115)(H,84,109)(H,85,106)(H,86,114)(H,87,108)(H,88,118)(H,89,119)(H,90,117)(H,91,116)(H,92,103)(H,93,107)(H,94,110)(H,95,113)(H,96,112)(H,97,111)(H,98,120)(H,99,121)/t44-,46+,47+,48-,49+,50+,51-,52+,53-/m1/s1. The molecule has 20 amide bonds. The van der Waals surface area contributed by atoms with Crippen molar-refractivity contribution >= 4 is 118 Å². The van der Waals surface area contributed by atoms with E-state index in [1.165, 1.54) is 130 Å². The Labute approximate surface area is 714 Å². The lowest BCUT2D eigenvalue weighted by atomic mass is 9.96. The summed E-state index contributed by atoms with van der Waals surface area (Å²) in [6.45, 7) is 35.6. The van der Waals surface area contributed by atoms with E-state index in [0.29, 0.717) is 6.42 Å². The molecule has 1 aliphatic rings. The van der Waals surface area contributed by atoms with Crippen LogP contribution in [0.4, 0.5) is 0 Å². The summed E-state index contributed by atoms with van der Waals surface area (Å²) in [6.07, 6.45) is -0.820. The maximum atomic E-state index is 14.5. The van der Waals surface area contributed by atoms with Crippen LogP contribution in [0.1, 0.15) is 238 Å². The molecule has 0 aromatic rings. The van der Waals surface area contributed by atoms with Crippen molar-refractivity contribution in [2.45, 2.75) is 336 Å². The van der Waals surface area contributed by atoms with Crippen LogP contribution in [-0.4, -0.2) is 258 Å². The summed E-state index contributed by atoms with van der Waals surface area (Å²) in [5, 5.41) is 62.7. The van der Waals surface area contributed by atoms with E-state index in [9.17, 15) is 106 Å². The predicted octanol–water partition coefficient (Wildman–Crippen LogP) is -4.52. The topological polar surface area (TPSA) is 642 Å². The first-order chi connectivity index (χ1) is 55.5. The number of rotatable bonds is 49. The molecule has 0 radical (unpaired) electrons. The number of carbonyl (C=O) groups is 20. The quantitative estimate of drug-likeness (QED) is 0.0273. The zero-order chi connectivity index (χ0) is 94.8. The van der Waals surface area contributed by atoms with Gasteiger partial charge in [-0.25, -0.2) is 0 Å². The molecular formula is C80H140N20O22. The van der Waals surface area contributed by atoms with E-state index in [1.807, 2.05) is 0 Å². The van der Waals surface area contributed by atoms with Gasteiger partial charge in [-0.3, -0.25) is 95.9 Å². The maximum Gasteiger partial charge on any atom is 0.248 e. The number of aliphatic hydroxyl groups excluding tert-OH is 2. The van der Waals surface area contributed by atoms with Crippen LogP contribution in [0.25, 0.3) is 0 Å². The molecule has 1 aliphatic heterocycles. The Morgan fingerprint density at radius 3 is 1.07 bits per heavy atom.